The quantitative estimate of drug-likeness (QED) is 0.640. The number of esters is 1. The molecule has 0 bridgehead atoms. The van der Waals surface area contributed by atoms with E-state index in [9.17, 15) is 14.4 Å². The normalized spacial score (nSPS) is 12.4. The third-order valence-corrected chi connectivity index (χ3v) is 3.99. The van der Waals surface area contributed by atoms with Crippen LogP contribution in [0.1, 0.15) is 73.6 Å². The van der Waals surface area contributed by atoms with Gasteiger partial charge in [-0.3, -0.25) is 9.59 Å². The van der Waals surface area contributed by atoms with Gasteiger partial charge in [-0.05, 0) is 61.0 Å². The minimum absolute atomic E-state index is 0.0115. The minimum atomic E-state index is -0.897. The number of amides is 1. The highest BCUT2D eigenvalue weighted by Gasteiger charge is 2.29. The van der Waals surface area contributed by atoms with Crippen LogP contribution >= 0.6 is 0 Å². The Morgan fingerprint density at radius 1 is 1.00 bits per heavy atom. The topological polar surface area (TPSA) is 79.5 Å². The molecular formula is C18H28N2O4. The first kappa shape index (κ1) is 19.9. The van der Waals surface area contributed by atoms with E-state index >= 15 is 0 Å². The number of ether oxygens (including phenoxy) is 1. The van der Waals surface area contributed by atoms with E-state index in [1.807, 2.05) is 27.7 Å². The zero-order valence-corrected chi connectivity index (χ0v) is 15.8. The molecule has 6 nitrogen and oxygen atoms in total. The number of aryl methyl sites for hydroxylation is 1. The Morgan fingerprint density at radius 2 is 1.50 bits per heavy atom. The zero-order valence-electron chi connectivity index (χ0n) is 15.8. The van der Waals surface area contributed by atoms with Crippen molar-refractivity contribution in [3.05, 3.63) is 22.5 Å². The summed E-state index contributed by atoms with van der Waals surface area (Å²) >= 11 is 0. The van der Waals surface area contributed by atoms with Crippen molar-refractivity contribution in [2.45, 2.75) is 73.6 Å². The number of hydrogen-bond acceptors (Lipinski definition) is 4. The second kappa shape index (κ2) is 7.64. The summed E-state index contributed by atoms with van der Waals surface area (Å²) in [5.74, 6) is -0.979. The number of Topliss-reactive ketones (excluding diaryl/α,β-unsaturated/α-hetero) is 1. The summed E-state index contributed by atoms with van der Waals surface area (Å²) in [6, 6.07) is 0.0230. The van der Waals surface area contributed by atoms with Gasteiger partial charge in [0.05, 0.1) is 0 Å². The molecule has 0 aromatic carbocycles. The number of rotatable bonds is 6. The van der Waals surface area contributed by atoms with Crippen molar-refractivity contribution in [2.75, 3.05) is 0 Å². The number of carbonyl (C=O) groups is 3. The molecule has 0 aliphatic heterocycles. The van der Waals surface area contributed by atoms with Gasteiger partial charge in [-0.1, -0.05) is 0 Å². The Hall–Kier alpha value is -2.11. The summed E-state index contributed by atoms with van der Waals surface area (Å²) in [6.07, 6.45) is -0.897. The fourth-order valence-electron chi connectivity index (χ4n) is 3.07. The average Bonchev–Trinajstić information content (AvgIpc) is 2.72. The first-order valence-corrected chi connectivity index (χ1v) is 8.22. The number of H-pyrrole nitrogens is 1. The first-order valence-electron chi connectivity index (χ1n) is 8.22. The molecule has 0 saturated carbocycles. The molecule has 24 heavy (non-hydrogen) atoms. The summed E-state index contributed by atoms with van der Waals surface area (Å²) in [4.78, 5) is 41.2. The SMILES string of the molecule is CC(=O)c1c(C)[nH]c(C(=O)OC(C)C(=O)N(C(C)C)C(C)C)c1C. The van der Waals surface area contributed by atoms with Crippen molar-refractivity contribution in [1.82, 2.24) is 9.88 Å². The van der Waals surface area contributed by atoms with E-state index in [1.54, 1.807) is 25.7 Å². The maximum absolute atomic E-state index is 12.5. The molecule has 1 N–H and O–H groups in total. The molecule has 0 fully saturated rings. The predicted octanol–water partition coefficient (Wildman–Crippen LogP) is 3.02. The molecule has 0 spiro atoms. The van der Waals surface area contributed by atoms with Crippen molar-refractivity contribution in [2.24, 2.45) is 0 Å². The fourth-order valence-corrected chi connectivity index (χ4v) is 3.07. The number of aromatic nitrogens is 1. The van der Waals surface area contributed by atoms with Crippen molar-refractivity contribution < 1.29 is 19.1 Å². The van der Waals surface area contributed by atoms with Gasteiger partial charge < -0.3 is 14.6 Å². The summed E-state index contributed by atoms with van der Waals surface area (Å²) in [6.45, 7) is 14.1. The van der Waals surface area contributed by atoms with Gasteiger partial charge in [-0.25, -0.2) is 4.79 Å². The number of nitrogens with zero attached hydrogens (tertiary/aromatic N) is 1. The fraction of sp³-hybridized carbons (Fsp3) is 0.611. The van der Waals surface area contributed by atoms with E-state index < -0.39 is 12.1 Å². The van der Waals surface area contributed by atoms with Crippen LogP contribution in [0.5, 0.6) is 0 Å². The summed E-state index contributed by atoms with van der Waals surface area (Å²) in [5.41, 5.74) is 1.89. The number of ketones is 1. The van der Waals surface area contributed by atoms with E-state index in [-0.39, 0.29) is 29.5 Å². The first-order chi connectivity index (χ1) is 11.0. The van der Waals surface area contributed by atoms with Crippen LogP contribution in [0.3, 0.4) is 0 Å². The van der Waals surface area contributed by atoms with Gasteiger partial charge >= 0.3 is 5.97 Å². The van der Waals surface area contributed by atoms with Crippen LogP contribution < -0.4 is 0 Å². The van der Waals surface area contributed by atoms with E-state index in [1.165, 1.54) is 6.92 Å². The van der Waals surface area contributed by atoms with Gasteiger partial charge in [-0.2, -0.15) is 0 Å². The Labute approximate surface area is 143 Å². The standard InChI is InChI=1S/C18H28N2O4/c1-9(2)20(10(3)4)17(22)14(8)24-18(23)16-11(5)15(13(7)21)12(6)19-16/h9-10,14,19H,1-8H3. The molecule has 1 unspecified atom stereocenters. The Balaban J connectivity index is 2.97. The summed E-state index contributed by atoms with van der Waals surface area (Å²) in [7, 11) is 0. The third-order valence-electron chi connectivity index (χ3n) is 3.99. The molecule has 134 valence electrons. The molecule has 0 aliphatic carbocycles. The maximum atomic E-state index is 12.5. The molecule has 0 saturated heterocycles. The highest BCUT2D eigenvalue weighted by Crippen LogP contribution is 2.20. The van der Waals surface area contributed by atoms with Crippen LogP contribution in [-0.2, 0) is 9.53 Å². The van der Waals surface area contributed by atoms with Gasteiger partial charge in [0.2, 0.25) is 0 Å². The molecule has 0 aliphatic rings. The number of carbonyl (C=O) groups excluding carboxylic acids is 3. The average molecular weight is 336 g/mol. The van der Waals surface area contributed by atoms with E-state index in [2.05, 4.69) is 4.98 Å². The monoisotopic (exact) mass is 336 g/mol. The van der Waals surface area contributed by atoms with Crippen molar-refractivity contribution in [3.63, 3.8) is 0 Å². The van der Waals surface area contributed by atoms with Crippen molar-refractivity contribution in [1.29, 1.82) is 0 Å². The van der Waals surface area contributed by atoms with E-state index in [4.69, 9.17) is 4.74 Å². The molecular weight excluding hydrogens is 308 g/mol. The van der Waals surface area contributed by atoms with Gasteiger partial charge in [0, 0.05) is 23.3 Å². The molecule has 1 aromatic heterocycles. The van der Waals surface area contributed by atoms with Crippen molar-refractivity contribution >= 4 is 17.7 Å². The summed E-state index contributed by atoms with van der Waals surface area (Å²) < 4.78 is 5.34. The number of nitrogens with one attached hydrogen (secondary N) is 1. The molecule has 1 atom stereocenters. The lowest BCUT2D eigenvalue weighted by atomic mass is 10.1. The molecule has 1 aromatic rings. The number of aromatic amines is 1. The van der Waals surface area contributed by atoms with Gasteiger partial charge in [0.25, 0.3) is 5.91 Å². The highest BCUT2D eigenvalue weighted by atomic mass is 16.5. The predicted molar refractivity (Wildman–Crippen MR) is 92.3 cm³/mol. The molecule has 1 amide bonds. The minimum Gasteiger partial charge on any atom is -0.448 e. The maximum Gasteiger partial charge on any atom is 0.355 e. The second-order valence-electron chi connectivity index (χ2n) is 6.66. The van der Waals surface area contributed by atoms with Crippen LogP contribution in [0.25, 0.3) is 0 Å². The molecule has 1 heterocycles. The van der Waals surface area contributed by atoms with Gasteiger partial charge in [0.15, 0.2) is 11.9 Å². The van der Waals surface area contributed by atoms with Crippen LogP contribution in [0.2, 0.25) is 0 Å². The lowest BCUT2D eigenvalue weighted by Gasteiger charge is -2.32. The van der Waals surface area contributed by atoms with Gasteiger partial charge in [0.1, 0.15) is 5.69 Å². The zero-order chi connectivity index (χ0) is 18.8. The van der Waals surface area contributed by atoms with E-state index in [0.717, 1.165) is 0 Å². The Kier molecular flexibility index (Phi) is 6.35. The van der Waals surface area contributed by atoms with Crippen molar-refractivity contribution in [3.8, 4) is 0 Å². The van der Waals surface area contributed by atoms with Gasteiger partial charge in [-0.15, -0.1) is 0 Å². The Morgan fingerprint density at radius 3 is 1.88 bits per heavy atom. The molecule has 0 radical (unpaired) electrons. The van der Waals surface area contributed by atoms with Crippen LogP contribution in [0.15, 0.2) is 0 Å². The highest BCUT2D eigenvalue weighted by molar-refractivity contribution is 6.01. The van der Waals surface area contributed by atoms with Crippen LogP contribution in [0.4, 0.5) is 0 Å². The van der Waals surface area contributed by atoms with Crippen LogP contribution in [0, 0.1) is 13.8 Å². The van der Waals surface area contributed by atoms with E-state index in [0.29, 0.717) is 16.8 Å². The number of hydrogen-bond donors (Lipinski definition) is 1. The van der Waals surface area contributed by atoms with Crippen LogP contribution in [-0.4, -0.2) is 45.7 Å². The lowest BCUT2D eigenvalue weighted by molar-refractivity contribution is -0.143. The second-order valence-corrected chi connectivity index (χ2v) is 6.66. The molecule has 6 heteroatoms. The summed E-state index contributed by atoms with van der Waals surface area (Å²) in [5, 5.41) is 0. The Bertz CT molecular complexity index is 636. The lowest BCUT2D eigenvalue weighted by Crippen LogP contribution is -2.47. The molecule has 1 rings (SSSR count). The largest absolute Gasteiger partial charge is 0.448 e. The third kappa shape index (κ3) is 4.04. The smallest absolute Gasteiger partial charge is 0.355 e.